The average Bonchev–Trinajstić information content (AvgIpc) is 2.45. The van der Waals surface area contributed by atoms with E-state index in [1.54, 1.807) is 18.2 Å². The van der Waals surface area contributed by atoms with Gasteiger partial charge in [-0.25, -0.2) is 0 Å². The summed E-state index contributed by atoms with van der Waals surface area (Å²) < 4.78 is 10.8. The third-order valence-corrected chi connectivity index (χ3v) is 2.75. The molecule has 0 spiro atoms. The van der Waals surface area contributed by atoms with E-state index in [1.165, 1.54) is 0 Å². The van der Waals surface area contributed by atoms with Gasteiger partial charge in [0.05, 0.1) is 24.5 Å². The molecule has 0 saturated carbocycles. The first-order chi connectivity index (χ1) is 9.70. The lowest BCUT2D eigenvalue weighted by Crippen LogP contribution is -2.28. The molecule has 0 fully saturated rings. The number of amides is 1. The number of hydrogen-bond donors (Lipinski definition) is 2. The third-order valence-electron chi connectivity index (χ3n) is 2.75. The van der Waals surface area contributed by atoms with E-state index in [0.717, 1.165) is 19.4 Å². The van der Waals surface area contributed by atoms with Gasteiger partial charge in [-0.1, -0.05) is 19.4 Å². The predicted octanol–water partition coefficient (Wildman–Crippen LogP) is 2.21. The molecule has 20 heavy (non-hydrogen) atoms. The summed E-state index contributed by atoms with van der Waals surface area (Å²) in [6.07, 6.45) is 2.14. The van der Waals surface area contributed by atoms with Crippen molar-refractivity contribution in [2.45, 2.75) is 26.7 Å². The highest BCUT2D eigenvalue weighted by Crippen LogP contribution is 2.26. The van der Waals surface area contributed by atoms with Crippen molar-refractivity contribution in [3.8, 4) is 5.75 Å². The maximum atomic E-state index is 12.1. The molecule has 0 saturated heterocycles. The second-order valence-electron chi connectivity index (χ2n) is 4.38. The molecule has 5 heteroatoms. The fourth-order valence-corrected chi connectivity index (χ4v) is 1.72. The molecule has 5 nitrogen and oxygen atoms in total. The van der Waals surface area contributed by atoms with Crippen molar-refractivity contribution in [2.75, 3.05) is 32.1 Å². The van der Waals surface area contributed by atoms with Gasteiger partial charge in [0.2, 0.25) is 0 Å². The van der Waals surface area contributed by atoms with Crippen molar-refractivity contribution in [1.29, 1.82) is 0 Å². The number of hydrogen-bond acceptors (Lipinski definition) is 4. The summed E-state index contributed by atoms with van der Waals surface area (Å²) in [7, 11) is 0. The number of unbranched alkanes of at least 4 members (excludes halogenated alkanes) is 1. The van der Waals surface area contributed by atoms with Crippen LogP contribution in [0.4, 0.5) is 5.69 Å². The van der Waals surface area contributed by atoms with Gasteiger partial charge in [0.1, 0.15) is 0 Å². The van der Waals surface area contributed by atoms with Crippen molar-refractivity contribution in [2.24, 2.45) is 0 Å². The summed E-state index contributed by atoms with van der Waals surface area (Å²) in [5.74, 6) is 0.249. The molecule has 1 aromatic carbocycles. The first-order valence-corrected chi connectivity index (χ1v) is 7.07. The maximum absolute atomic E-state index is 12.1. The van der Waals surface area contributed by atoms with Crippen LogP contribution in [0.25, 0.3) is 0 Å². The summed E-state index contributed by atoms with van der Waals surface area (Å²) in [5, 5.41) is 2.80. The van der Waals surface area contributed by atoms with Crippen LogP contribution in [0.5, 0.6) is 5.75 Å². The first-order valence-electron chi connectivity index (χ1n) is 7.07. The highest BCUT2D eigenvalue weighted by atomic mass is 16.5. The number of nitrogen functional groups attached to an aromatic ring is 1. The van der Waals surface area contributed by atoms with Crippen LogP contribution in [0.3, 0.4) is 0 Å². The number of nitrogens with two attached hydrogens (primary N) is 1. The molecule has 0 unspecified atom stereocenters. The average molecular weight is 280 g/mol. The predicted molar refractivity (Wildman–Crippen MR) is 80.1 cm³/mol. The summed E-state index contributed by atoms with van der Waals surface area (Å²) >= 11 is 0. The SMILES string of the molecule is CCCCOCCNC(=O)c1cccc(N)c1OCC. The standard InChI is InChI=1S/C15H24N2O3/c1-3-5-10-19-11-9-17-15(18)12-7-6-8-13(16)14(12)20-4-2/h6-8H,3-5,9-11,16H2,1-2H3,(H,17,18). The Kier molecular flexibility index (Phi) is 7.50. The van der Waals surface area contributed by atoms with E-state index in [1.807, 2.05) is 6.92 Å². The summed E-state index contributed by atoms with van der Waals surface area (Å²) in [4.78, 5) is 12.1. The van der Waals surface area contributed by atoms with Crippen molar-refractivity contribution in [3.05, 3.63) is 23.8 Å². The van der Waals surface area contributed by atoms with Crippen LogP contribution in [0.1, 0.15) is 37.0 Å². The molecule has 112 valence electrons. The zero-order valence-corrected chi connectivity index (χ0v) is 12.3. The Balaban J connectivity index is 2.49. The minimum Gasteiger partial charge on any atom is -0.491 e. The highest BCUT2D eigenvalue weighted by Gasteiger charge is 2.14. The largest absolute Gasteiger partial charge is 0.491 e. The first kappa shape index (κ1) is 16.3. The van der Waals surface area contributed by atoms with Crippen molar-refractivity contribution in [1.82, 2.24) is 5.32 Å². The minimum absolute atomic E-state index is 0.195. The van der Waals surface area contributed by atoms with Gasteiger partial charge < -0.3 is 20.5 Å². The van der Waals surface area contributed by atoms with E-state index in [9.17, 15) is 4.79 Å². The zero-order valence-electron chi connectivity index (χ0n) is 12.3. The smallest absolute Gasteiger partial charge is 0.255 e. The number of anilines is 1. The number of para-hydroxylation sites is 1. The number of rotatable bonds is 9. The Morgan fingerprint density at radius 2 is 2.10 bits per heavy atom. The van der Waals surface area contributed by atoms with Crippen molar-refractivity contribution < 1.29 is 14.3 Å². The van der Waals surface area contributed by atoms with Gasteiger partial charge in [-0.15, -0.1) is 0 Å². The normalized spacial score (nSPS) is 10.3. The van der Waals surface area contributed by atoms with Gasteiger partial charge >= 0.3 is 0 Å². The molecule has 3 N–H and O–H groups in total. The van der Waals surface area contributed by atoms with E-state index >= 15 is 0 Å². The molecule has 0 aliphatic heterocycles. The molecule has 0 atom stereocenters. The van der Waals surface area contributed by atoms with Crippen LogP contribution in [0.15, 0.2) is 18.2 Å². The lowest BCUT2D eigenvalue weighted by Gasteiger charge is -2.12. The summed E-state index contributed by atoms with van der Waals surface area (Å²) in [6.45, 7) is 6.15. The number of carbonyl (C=O) groups excluding carboxylic acids is 1. The second kappa shape index (κ2) is 9.20. The van der Waals surface area contributed by atoms with Gasteiger partial charge in [0.15, 0.2) is 5.75 Å². The number of benzene rings is 1. The molecular weight excluding hydrogens is 256 g/mol. The summed E-state index contributed by atoms with van der Waals surface area (Å²) in [5.41, 5.74) is 6.75. The van der Waals surface area contributed by atoms with E-state index in [2.05, 4.69) is 12.2 Å². The third kappa shape index (κ3) is 5.09. The monoisotopic (exact) mass is 280 g/mol. The molecule has 1 rings (SSSR count). The van der Waals surface area contributed by atoms with Crippen LogP contribution in [-0.4, -0.2) is 32.3 Å². The molecule has 1 aromatic rings. The number of ether oxygens (including phenoxy) is 2. The van der Waals surface area contributed by atoms with E-state index in [4.69, 9.17) is 15.2 Å². The van der Waals surface area contributed by atoms with Gasteiger partial charge in [0.25, 0.3) is 5.91 Å². The van der Waals surface area contributed by atoms with E-state index in [0.29, 0.717) is 36.8 Å². The fraction of sp³-hybridized carbons (Fsp3) is 0.533. The molecule has 0 aliphatic rings. The fourth-order valence-electron chi connectivity index (χ4n) is 1.72. The van der Waals surface area contributed by atoms with Gasteiger partial charge in [0, 0.05) is 13.2 Å². The van der Waals surface area contributed by atoms with Crippen LogP contribution in [0, 0.1) is 0 Å². The molecule has 1 amide bonds. The van der Waals surface area contributed by atoms with E-state index < -0.39 is 0 Å². The molecular formula is C15H24N2O3. The Hall–Kier alpha value is -1.75. The number of carbonyl (C=O) groups is 1. The summed E-state index contributed by atoms with van der Waals surface area (Å²) in [6, 6.07) is 5.16. The second-order valence-corrected chi connectivity index (χ2v) is 4.38. The van der Waals surface area contributed by atoms with Gasteiger partial charge in [-0.3, -0.25) is 4.79 Å². The molecule has 0 radical (unpaired) electrons. The van der Waals surface area contributed by atoms with E-state index in [-0.39, 0.29) is 5.91 Å². The Morgan fingerprint density at radius 1 is 1.30 bits per heavy atom. The highest BCUT2D eigenvalue weighted by molar-refractivity contribution is 5.98. The minimum atomic E-state index is -0.195. The quantitative estimate of drug-likeness (QED) is 0.537. The molecule has 0 bridgehead atoms. The van der Waals surface area contributed by atoms with Gasteiger partial charge in [-0.05, 0) is 25.5 Å². The van der Waals surface area contributed by atoms with Crippen LogP contribution < -0.4 is 15.8 Å². The zero-order chi connectivity index (χ0) is 14.8. The maximum Gasteiger partial charge on any atom is 0.255 e. The molecule has 0 heterocycles. The van der Waals surface area contributed by atoms with Crippen LogP contribution in [0.2, 0.25) is 0 Å². The molecule has 0 aromatic heterocycles. The Labute approximate surface area is 120 Å². The number of nitrogens with one attached hydrogen (secondary N) is 1. The van der Waals surface area contributed by atoms with Crippen molar-refractivity contribution in [3.63, 3.8) is 0 Å². The molecule has 0 aliphatic carbocycles. The van der Waals surface area contributed by atoms with Crippen molar-refractivity contribution >= 4 is 11.6 Å². The Morgan fingerprint density at radius 3 is 2.80 bits per heavy atom. The van der Waals surface area contributed by atoms with Crippen LogP contribution in [-0.2, 0) is 4.74 Å². The lowest BCUT2D eigenvalue weighted by atomic mass is 10.1. The van der Waals surface area contributed by atoms with Gasteiger partial charge in [-0.2, -0.15) is 0 Å². The Bertz CT molecular complexity index is 422. The topological polar surface area (TPSA) is 73.6 Å². The lowest BCUT2D eigenvalue weighted by molar-refractivity contribution is 0.0909. The van der Waals surface area contributed by atoms with Crippen LogP contribution >= 0.6 is 0 Å².